The van der Waals surface area contributed by atoms with E-state index in [1.807, 2.05) is 27.7 Å². The molecular formula is C33H52N4O. The summed E-state index contributed by atoms with van der Waals surface area (Å²) in [5.41, 5.74) is 5.17. The van der Waals surface area contributed by atoms with Crippen molar-refractivity contribution in [1.29, 1.82) is 0 Å². The van der Waals surface area contributed by atoms with Gasteiger partial charge in [-0.25, -0.2) is 4.98 Å². The molecule has 0 aliphatic carbocycles. The maximum Gasteiger partial charge on any atom is 0.129 e. The molecule has 0 bridgehead atoms. The average Bonchev–Trinajstić information content (AvgIpc) is 2.92. The molecular weight excluding hydrogens is 468 g/mol. The molecule has 1 saturated heterocycles. The van der Waals surface area contributed by atoms with Gasteiger partial charge in [-0.05, 0) is 71.1 Å². The Bertz CT molecular complexity index is 1060. The molecule has 38 heavy (non-hydrogen) atoms. The maximum atomic E-state index is 4.89. The van der Waals surface area contributed by atoms with Gasteiger partial charge < -0.3 is 20.3 Å². The van der Waals surface area contributed by atoms with Crippen LogP contribution in [0.4, 0.5) is 11.5 Å². The lowest BCUT2D eigenvalue weighted by molar-refractivity contribution is 0.134. The molecule has 2 heterocycles. The standard InChI is InChI=1S/C27H36N4.C4H10O.C2H6/c1-5-20-10-12-21(13-11-20)19-28-26-18-25(23-8-6-7-9-24(23)29-26)31-16-14-22(15-17-31)30-27(2,3)4;1-4(2)5-3;1-2/h6-13,18,22,30H,5,14-17,19H2,1-4H3,(H,28,29);4H,1-3H3;1-2H3. The molecule has 1 fully saturated rings. The van der Waals surface area contributed by atoms with E-state index in [1.54, 1.807) is 7.11 Å². The molecule has 5 heteroatoms. The summed E-state index contributed by atoms with van der Waals surface area (Å²) in [6.45, 7) is 19.9. The lowest BCUT2D eigenvalue weighted by atomic mass is 9.99. The van der Waals surface area contributed by atoms with Gasteiger partial charge in [-0.1, -0.05) is 63.2 Å². The van der Waals surface area contributed by atoms with Gasteiger partial charge in [0.1, 0.15) is 5.82 Å². The van der Waals surface area contributed by atoms with E-state index in [2.05, 4.69) is 97.8 Å². The second-order valence-electron chi connectivity index (χ2n) is 11.0. The van der Waals surface area contributed by atoms with E-state index in [9.17, 15) is 0 Å². The van der Waals surface area contributed by atoms with E-state index in [1.165, 1.54) is 35.0 Å². The zero-order valence-corrected chi connectivity index (χ0v) is 25.4. The normalized spacial score (nSPS) is 14.0. The molecule has 4 rings (SSSR count). The molecule has 2 aromatic carbocycles. The second-order valence-corrected chi connectivity index (χ2v) is 11.0. The van der Waals surface area contributed by atoms with Crippen LogP contribution in [0.2, 0.25) is 0 Å². The first kappa shape index (κ1) is 31.6. The fourth-order valence-corrected chi connectivity index (χ4v) is 4.47. The number of benzene rings is 2. The highest BCUT2D eigenvalue weighted by Gasteiger charge is 2.24. The first-order valence-corrected chi connectivity index (χ1v) is 14.5. The molecule has 0 spiro atoms. The third-order valence-electron chi connectivity index (χ3n) is 6.54. The Labute approximate surface area is 232 Å². The van der Waals surface area contributed by atoms with Gasteiger partial charge in [-0.2, -0.15) is 0 Å². The molecule has 5 nitrogen and oxygen atoms in total. The highest BCUT2D eigenvalue weighted by Crippen LogP contribution is 2.31. The molecule has 2 N–H and O–H groups in total. The van der Waals surface area contributed by atoms with Crippen LogP contribution in [0.3, 0.4) is 0 Å². The topological polar surface area (TPSA) is 49.4 Å². The Kier molecular flexibility index (Phi) is 13.1. The summed E-state index contributed by atoms with van der Waals surface area (Å²) >= 11 is 0. The van der Waals surface area contributed by atoms with Crippen molar-refractivity contribution in [2.24, 2.45) is 0 Å². The van der Waals surface area contributed by atoms with E-state index in [-0.39, 0.29) is 5.54 Å². The van der Waals surface area contributed by atoms with Crippen LogP contribution in [0.5, 0.6) is 0 Å². The largest absolute Gasteiger partial charge is 0.382 e. The number of hydrogen-bond acceptors (Lipinski definition) is 5. The van der Waals surface area contributed by atoms with Gasteiger partial charge in [0.2, 0.25) is 0 Å². The highest BCUT2D eigenvalue weighted by molar-refractivity contribution is 5.93. The van der Waals surface area contributed by atoms with Crippen LogP contribution in [0.25, 0.3) is 10.9 Å². The van der Waals surface area contributed by atoms with Crippen LogP contribution < -0.4 is 15.5 Å². The zero-order chi connectivity index (χ0) is 28.1. The molecule has 1 aromatic heterocycles. The summed E-state index contributed by atoms with van der Waals surface area (Å²) in [4.78, 5) is 7.43. The van der Waals surface area contributed by atoms with Crippen LogP contribution in [0.1, 0.15) is 79.4 Å². The number of nitrogens with one attached hydrogen (secondary N) is 2. The first-order chi connectivity index (χ1) is 18.2. The van der Waals surface area contributed by atoms with Gasteiger partial charge in [0, 0.05) is 55.5 Å². The number of methoxy groups -OCH3 is 1. The Morgan fingerprint density at radius 2 is 1.55 bits per heavy atom. The van der Waals surface area contributed by atoms with Crippen molar-refractivity contribution in [3.63, 3.8) is 0 Å². The van der Waals surface area contributed by atoms with Crippen molar-refractivity contribution < 1.29 is 4.74 Å². The van der Waals surface area contributed by atoms with Gasteiger partial charge in [-0.3, -0.25) is 0 Å². The number of piperidine rings is 1. The number of anilines is 2. The van der Waals surface area contributed by atoms with Gasteiger partial charge in [0.15, 0.2) is 0 Å². The smallest absolute Gasteiger partial charge is 0.129 e. The summed E-state index contributed by atoms with van der Waals surface area (Å²) in [7, 11) is 1.70. The number of aryl methyl sites for hydroxylation is 1. The lowest BCUT2D eigenvalue weighted by Crippen LogP contribution is -2.49. The number of rotatable bonds is 7. The van der Waals surface area contributed by atoms with Crippen LogP contribution in [0, 0.1) is 0 Å². The van der Waals surface area contributed by atoms with Crippen LogP contribution >= 0.6 is 0 Å². The Morgan fingerprint density at radius 3 is 2.11 bits per heavy atom. The van der Waals surface area contributed by atoms with Gasteiger partial charge in [-0.15, -0.1) is 0 Å². The summed E-state index contributed by atoms with van der Waals surface area (Å²) < 4.78 is 4.75. The van der Waals surface area contributed by atoms with E-state index in [0.717, 1.165) is 37.4 Å². The lowest BCUT2D eigenvalue weighted by Gasteiger charge is -2.37. The van der Waals surface area contributed by atoms with E-state index in [4.69, 9.17) is 9.72 Å². The third-order valence-corrected chi connectivity index (χ3v) is 6.54. The fourth-order valence-electron chi connectivity index (χ4n) is 4.47. The molecule has 0 atom stereocenters. The number of fused-ring (bicyclic) bond motifs is 1. The minimum Gasteiger partial charge on any atom is -0.382 e. The highest BCUT2D eigenvalue weighted by atomic mass is 16.5. The van der Waals surface area contributed by atoms with E-state index >= 15 is 0 Å². The summed E-state index contributed by atoms with van der Waals surface area (Å²) in [5.74, 6) is 0.947. The number of pyridine rings is 1. The number of ether oxygens (including phenoxy) is 1. The summed E-state index contributed by atoms with van der Waals surface area (Å²) in [6.07, 6.45) is 3.79. The monoisotopic (exact) mass is 520 g/mol. The predicted octanol–water partition coefficient (Wildman–Crippen LogP) is 7.83. The fraction of sp³-hybridized carbons (Fsp3) is 0.545. The molecule has 0 amide bonds. The van der Waals surface area contributed by atoms with Crippen molar-refractivity contribution in [2.45, 2.75) is 98.9 Å². The molecule has 0 saturated carbocycles. The second kappa shape index (κ2) is 15.7. The summed E-state index contributed by atoms with van der Waals surface area (Å²) in [6, 6.07) is 20.2. The number of nitrogens with zero attached hydrogens (tertiary/aromatic N) is 2. The van der Waals surface area contributed by atoms with Crippen LogP contribution in [-0.2, 0) is 17.7 Å². The SMILES string of the molecule is CC.CCc1ccc(CNc2cc(N3CCC(NC(C)(C)C)CC3)c3ccccc3n2)cc1.COC(C)C. The molecule has 3 aromatic rings. The first-order valence-electron chi connectivity index (χ1n) is 14.5. The number of hydrogen-bond donors (Lipinski definition) is 2. The summed E-state index contributed by atoms with van der Waals surface area (Å²) in [5, 5.41) is 8.57. The molecule has 0 radical (unpaired) electrons. The minimum atomic E-state index is 0.169. The zero-order valence-electron chi connectivity index (χ0n) is 25.4. The minimum absolute atomic E-state index is 0.169. The van der Waals surface area contributed by atoms with Crippen molar-refractivity contribution >= 4 is 22.4 Å². The van der Waals surface area contributed by atoms with Gasteiger partial charge in [0.25, 0.3) is 0 Å². The van der Waals surface area contributed by atoms with Gasteiger partial charge >= 0.3 is 0 Å². The Hall–Kier alpha value is -2.63. The van der Waals surface area contributed by atoms with Crippen LogP contribution in [-0.4, -0.2) is 42.9 Å². The van der Waals surface area contributed by atoms with E-state index in [0.29, 0.717) is 12.1 Å². The quantitative estimate of drug-likeness (QED) is 0.332. The Morgan fingerprint density at radius 1 is 0.974 bits per heavy atom. The van der Waals surface area contributed by atoms with Crippen molar-refractivity contribution in [3.05, 3.63) is 65.7 Å². The number of para-hydroxylation sites is 1. The average molecular weight is 521 g/mol. The van der Waals surface area contributed by atoms with E-state index < -0.39 is 0 Å². The maximum absolute atomic E-state index is 4.89. The number of aromatic nitrogens is 1. The molecule has 210 valence electrons. The molecule has 1 aliphatic heterocycles. The molecule has 0 unspecified atom stereocenters. The Balaban J connectivity index is 0.000000651. The van der Waals surface area contributed by atoms with Crippen molar-refractivity contribution in [3.8, 4) is 0 Å². The predicted molar refractivity (Wildman–Crippen MR) is 167 cm³/mol. The van der Waals surface area contributed by atoms with Crippen molar-refractivity contribution in [1.82, 2.24) is 10.3 Å². The molecule has 1 aliphatic rings. The van der Waals surface area contributed by atoms with Crippen molar-refractivity contribution in [2.75, 3.05) is 30.4 Å². The van der Waals surface area contributed by atoms with Gasteiger partial charge in [0.05, 0.1) is 11.6 Å². The van der Waals surface area contributed by atoms with Crippen LogP contribution in [0.15, 0.2) is 54.6 Å². The third kappa shape index (κ3) is 10.3.